The van der Waals surface area contributed by atoms with E-state index in [9.17, 15) is 18.0 Å². The number of nitrogens with one attached hydrogen (secondary N) is 2. The molecule has 1 rings (SSSR count). The molecule has 3 N–H and O–H groups in total. The van der Waals surface area contributed by atoms with E-state index in [0.29, 0.717) is 4.34 Å². The van der Waals surface area contributed by atoms with Crippen molar-refractivity contribution >= 4 is 44.8 Å². The van der Waals surface area contributed by atoms with Crippen LogP contribution in [0.15, 0.2) is 16.3 Å². The SMILES string of the molecule is CC(NC(=O)CNS(=O)(=O)c1ccc(Cl)s1)C(=O)O. The van der Waals surface area contributed by atoms with Gasteiger partial charge in [-0.2, -0.15) is 0 Å². The summed E-state index contributed by atoms with van der Waals surface area (Å²) in [7, 11) is -3.81. The third-order valence-corrected chi connectivity index (χ3v) is 5.11. The van der Waals surface area contributed by atoms with Crippen molar-refractivity contribution in [3.05, 3.63) is 16.5 Å². The maximum Gasteiger partial charge on any atom is 0.325 e. The maximum atomic E-state index is 11.7. The molecule has 0 saturated carbocycles. The maximum absolute atomic E-state index is 11.7. The van der Waals surface area contributed by atoms with Crippen LogP contribution < -0.4 is 10.0 Å². The van der Waals surface area contributed by atoms with E-state index in [1.807, 2.05) is 0 Å². The van der Waals surface area contributed by atoms with Crippen molar-refractivity contribution in [3.8, 4) is 0 Å². The number of carbonyl (C=O) groups excluding carboxylic acids is 1. The third kappa shape index (κ3) is 4.78. The van der Waals surface area contributed by atoms with E-state index in [0.717, 1.165) is 11.3 Å². The summed E-state index contributed by atoms with van der Waals surface area (Å²) >= 11 is 6.47. The van der Waals surface area contributed by atoms with Gasteiger partial charge in [0.1, 0.15) is 10.3 Å². The number of rotatable bonds is 6. The Morgan fingerprint density at radius 2 is 2.11 bits per heavy atom. The molecule has 10 heteroatoms. The molecule has 0 fully saturated rings. The normalized spacial score (nSPS) is 12.9. The summed E-state index contributed by atoms with van der Waals surface area (Å²) in [4.78, 5) is 21.8. The van der Waals surface area contributed by atoms with Crippen LogP contribution in [0.3, 0.4) is 0 Å². The molecular formula is C9H11ClN2O5S2. The van der Waals surface area contributed by atoms with Gasteiger partial charge in [-0.1, -0.05) is 11.6 Å². The van der Waals surface area contributed by atoms with Crippen LogP contribution in [0.5, 0.6) is 0 Å². The number of carboxylic acids is 1. The Bertz CT molecular complexity index is 583. The predicted molar refractivity (Wildman–Crippen MR) is 69.8 cm³/mol. The Hall–Kier alpha value is -1.16. The molecule has 0 aliphatic rings. The van der Waals surface area contributed by atoms with Crippen LogP contribution in [0.1, 0.15) is 6.92 Å². The van der Waals surface area contributed by atoms with Gasteiger partial charge in [-0.25, -0.2) is 13.1 Å². The van der Waals surface area contributed by atoms with Crippen molar-refractivity contribution in [2.75, 3.05) is 6.54 Å². The van der Waals surface area contributed by atoms with Gasteiger partial charge in [-0.3, -0.25) is 9.59 Å². The van der Waals surface area contributed by atoms with Gasteiger partial charge >= 0.3 is 5.97 Å². The molecule has 0 bridgehead atoms. The zero-order valence-corrected chi connectivity index (χ0v) is 12.1. The van der Waals surface area contributed by atoms with E-state index in [2.05, 4.69) is 10.0 Å². The first kappa shape index (κ1) is 15.9. The predicted octanol–water partition coefficient (Wildman–Crippen LogP) is 0.269. The van der Waals surface area contributed by atoms with E-state index in [1.54, 1.807) is 0 Å². The Kier molecular flexibility index (Phi) is 5.29. The van der Waals surface area contributed by atoms with Crippen molar-refractivity contribution < 1.29 is 23.1 Å². The second-order valence-corrected chi connectivity index (χ2v) is 7.22. The molecule has 0 aliphatic heterocycles. The van der Waals surface area contributed by atoms with Crippen molar-refractivity contribution in [2.45, 2.75) is 17.2 Å². The number of amides is 1. The topological polar surface area (TPSA) is 113 Å². The molecule has 106 valence electrons. The molecule has 1 unspecified atom stereocenters. The van der Waals surface area contributed by atoms with E-state index < -0.39 is 34.5 Å². The Morgan fingerprint density at radius 1 is 1.47 bits per heavy atom. The lowest BCUT2D eigenvalue weighted by Gasteiger charge is -2.09. The molecule has 19 heavy (non-hydrogen) atoms. The van der Waals surface area contributed by atoms with Crippen LogP contribution in [0, 0.1) is 0 Å². The van der Waals surface area contributed by atoms with Crippen LogP contribution in [-0.2, 0) is 19.6 Å². The molecule has 1 aromatic heterocycles. The van der Waals surface area contributed by atoms with Gasteiger partial charge in [-0.05, 0) is 19.1 Å². The number of hydrogen-bond acceptors (Lipinski definition) is 5. The van der Waals surface area contributed by atoms with Gasteiger partial charge in [0.25, 0.3) is 10.0 Å². The van der Waals surface area contributed by atoms with Gasteiger partial charge in [0.15, 0.2) is 0 Å². The highest BCUT2D eigenvalue weighted by atomic mass is 35.5. The summed E-state index contributed by atoms with van der Waals surface area (Å²) in [6.45, 7) is 0.725. The average molecular weight is 327 g/mol. The smallest absolute Gasteiger partial charge is 0.325 e. The van der Waals surface area contributed by atoms with E-state index in [4.69, 9.17) is 16.7 Å². The Balaban J connectivity index is 2.57. The second kappa shape index (κ2) is 6.33. The van der Waals surface area contributed by atoms with Gasteiger partial charge in [0, 0.05) is 0 Å². The molecule has 0 saturated heterocycles. The van der Waals surface area contributed by atoms with Crippen LogP contribution in [-0.4, -0.2) is 38.0 Å². The second-order valence-electron chi connectivity index (χ2n) is 3.51. The zero-order valence-electron chi connectivity index (χ0n) is 9.71. The van der Waals surface area contributed by atoms with Crippen molar-refractivity contribution in [3.63, 3.8) is 0 Å². The largest absolute Gasteiger partial charge is 0.480 e. The fraction of sp³-hybridized carbons (Fsp3) is 0.333. The lowest BCUT2D eigenvalue weighted by molar-refractivity contribution is -0.141. The molecule has 7 nitrogen and oxygen atoms in total. The molecule has 1 atom stereocenters. The van der Waals surface area contributed by atoms with Gasteiger partial charge in [-0.15, -0.1) is 11.3 Å². The number of hydrogen-bond donors (Lipinski definition) is 3. The highest BCUT2D eigenvalue weighted by Crippen LogP contribution is 2.25. The fourth-order valence-corrected chi connectivity index (χ4v) is 3.54. The summed E-state index contributed by atoms with van der Waals surface area (Å²) in [6.07, 6.45) is 0. The Labute approximate surface area is 118 Å². The van der Waals surface area contributed by atoms with Gasteiger partial charge in [0.2, 0.25) is 5.91 Å². The summed E-state index contributed by atoms with van der Waals surface area (Å²) < 4.78 is 25.8. The number of aliphatic carboxylic acids is 1. The standard InChI is InChI=1S/C9H11ClN2O5S2/c1-5(9(14)15)12-7(13)4-11-19(16,17)8-3-2-6(10)18-8/h2-3,5,11H,4H2,1H3,(H,12,13)(H,14,15). The summed E-state index contributed by atoms with van der Waals surface area (Å²) in [5.74, 6) is -1.94. The number of thiophene rings is 1. The molecule has 0 aliphatic carbocycles. The average Bonchev–Trinajstić information content (AvgIpc) is 2.74. The minimum Gasteiger partial charge on any atom is -0.480 e. The highest BCUT2D eigenvalue weighted by Gasteiger charge is 2.19. The van der Waals surface area contributed by atoms with E-state index in [1.165, 1.54) is 19.1 Å². The minimum atomic E-state index is -3.81. The first-order valence-corrected chi connectivity index (χ1v) is 7.67. The molecule has 0 aromatic carbocycles. The minimum absolute atomic E-state index is 0.0171. The fourth-order valence-electron chi connectivity index (χ4n) is 1.03. The third-order valence-electron chi connectivity index (χ3n) is 1.98. The lowest BCUT2D eigenvalue weighted by atomic mass is 10.3. The number of carbonyl (C=O) groups is 2. The molecule has 1 aromatic rings. The zero-order chi connectivity index (χ0) is 14.6. The van der Waals surface area contributed by atoms with E-state index >= 15 is 0 Å². The van der Waals surface area contributed by atoms with Gasteiger partial charge in [0.05, 0.1) is 10.9 Å². The van der Waals surface area contributed by atoms with Crippen LogP contribution in [0.25, 0.3) is 0 Å². The number of sulfonamides is 1. The molecule has 1 heterocycles. The highest BCUT2D eigenvalue weighted by molar-refractivity contribution is 7.91. The van der Waals surface area contributed by atoms with Gasteiger partial charge < -0.3 is 10.4 Å². The summed E-state index contributed by atoms with van der Waals surface area (Å²) in [6, 6.07) is 1.65. The van der Waals surface area contributed by atoms with Crippen molar-refractivity contribution in [1.82, 2.24) is 10.0 Å². The van der Waals surface area contributed by atoms with Crippen LogP contribution in [0.2, 0.25) is 4.34 Å². The van der Waals surface area contributed by atoms with E-state index in [-0.39, 0.29) is 4.21 Å². The molecule has 1 amide bonds. The van der Waals surface area contributed by atoms with Crippen LogP contribution in [0.4, 0.5) is 0 Å². The summed E-state index contributed by atoms with van der Waals surface area (Å²) in [5.41, 5.74) is 0. The molecule has 0 spiro atoms. The van der Waals surface area contributed by atoms with Crippen LogP contribution >= 0.6 is 22.9 Å². The molecule has 0 radical (unpaired) electrons. The monoisotopic (exact) mass is 326 g/mol. The quantitative estimate of drug-likeness (QED) is 0.694. The van der Waals surface area contributed by atoms with Crippen molar-refractivity contribution in [2.24, 2.45) is 0 Å². The first-order chi connectivity index (χ1) is 8.72. The first-order valence-electron chi connectivity index (χ1n) is 4.99. The van der Waals surface area contributed by atoms with Crippen molar-refractivity contribution in [1.29, 1.82) is 0 Å². The molecular weight excluding hydrogens is 316 g/mol. The lowest BCUT2D eigenvalue weighted by Crippen LogP contribution is -2.43. The number of halogens is 1. The number of carboxylic acid groups (broad SMARTS) is 1. The summed E-state index contributed by atoms with van der Waals surface area (Å²) in [5, 5.41) is 10.7. The Morgan fingerprint density at radius 3 is 2.58 bits per heavy atom.